The molecule has 1 atom stereocenters. The lowest BCUT2D eigenvalue weighted by molar-refractivity contribution is -0.145. The van der Waals surface area contributed by atoms with Crippen LogP contribution in [0.25, 0.3) is 0 Å². The maximum absolute atomic E-state index is 11.7. The van der Waals surface area contributed by atoms with Crippen LogP contribution < -0.4 is 0 Å². The molecule has 0 heterocycles. The van der Waals surface area contributed by atoms with Gasteiger partial charge in [0.25, 0.3) is 0 Å². The maximum Gasteiger partial charge on any atom is 0.349 e. The Balaban J connectivity index is 4.77. The monoisotopic (exact) mass is 311 g/mol. The molecule has 0 aromatic heterocycles. The minimum Gasteiger partial charge on any atom is -0.466 e. The molecule has 0 aromatic carbocycles. The molecule has 0 radical (unpaired) electrons. The van der Waals surface area contributed by atoms with Crippen molar-refractivity contribution in [2.45, 2.75) is 66.5 Å². The second-order valence-corrected chi connectivity index (χ2v) is 7.06. The van der Waals surface area contributed by atoms with Crippen LogP contribution in [-0.4, -0.2) is 36.4 Å². The number of carbonyl (C=O) groups excluding carboxylic acids is 2. The van der Waals surface area contributed by atoms with E-state index in [1.807, 2.05) is 26.8 Å². The Morgan fingerprint density at radius 2 is 1.73 bits per heavy atom. The molecule has 0 spiro atoms. The lowest BCUT2D eigenvalue weighted by Crippen LogP contribution is -2.26. The standard InChI is InChI=1S/C17H29NO4/c1-8-21-14(19)11-9-10-13(16(2,3)4)18-12-15(20)22-17(5,6)7/h9-10,12-13H,8,11H2,1-7H3/b10-9+,18-12?/t13-/m0/s1. The SMILES string of the molecule is CCOC(=O)C/C=C/[C@H](N=CC(=O)OC(C)(C)C)C(C)(C)C. The molecule has 0 aromatic rings. The molecule has 0 saturated carbocycles. The van der Waals surface area contributed by atoms with Gasteiger partial charge < -0.3 is 9.47 Å². The van der Waals surface area contributed by atoms with E-state index < -0.39 is 11.6 Å². The molecule has 0 aliphatic heterocycles. The number of hydrogen-bond acceptors (Lipinski definition) is 5. The van der Waals surface area contributed by atoms with Crippen LogP contribution in [0.3, 0.4) is 0 Å². The van der Waals surface area contributed by atoms with E-state index in [1.165, 1.54) is 6.21 Å². The minimum absolute atomic E-state index is 0.177. The van der Waals surface area contributed by atoms with Crippen molar-refractivity contribution in [3.63, 3.8) is 0 Å². The van der Waals surface area contributed by atoms with Gasteiger partial charge in [0.05, 0.1) is 19.1 Å². The van der Waals surface area contributed by atoms with Gasteiger partial charge in [-0.15, -0.1) is 0 Å². The maximum atomic E-state index is 11.7. The highest BCUT2D eigenvalue weighted by Crippen LogP contribution is 2.23. The van der Waals surface area contributed by atoms with Crippen LogP contribution in [0.1, 0.15) is 54.9 Å². The third-order valence-corrected chi connectivity index (χ3v) is 2.54. The average molecular weight is 311 g/mol. The summed E-state index contributed by atoms with van der Waals surface area (Å²) in [5, 5.41) is 0. The van der Waals surface area contributed by atoms with E-state index >= 15 is 0 Å². The molecule has 5 heteroatoms. The summed E-state index contributed by atoms with van der Waals surface area (Å²) in [4.78, 5) is 27.3. The van der Waals surface area contributed by atoms with Gasteiger partial charge in [0.15, 0.2) is 0 Å². The number of hydrogen-bond donors (Lipinski definition) is 0. The van der Waals surface area contributed by atoms with E-state index in [0.717, 1.165) is 0 Å². The molecular formula is C17H29NO4. The molecule has 0 unspecified atom stereocenters. The van der Waals surface area contributed by atoms with Gasteiger partial charge in [-0.1, -0.05) is 32.9 Å². The van der Waals surface area contributed by atoms with Crippen LogP contribution in [0.2, 0.25) is 0 Å². The van der Waals surface area contributed by atoms with Gasteiger partial charge in [-0.25, -0.2) is 4.79 Å². The second kappa shape index (κ2) is 8.71. The van der Waals surface area contributed by atoms with E-state index in [1.54, 1.807) is 33.8 Å². The highest BCUT2D eigenvalue weighted by atomic mass is 16.6. The van der Waals surface area contributed by atoms with Crippen LogP contribution in [0.15, 0.2) is 17.1 Å². The highest BCUT2D eigenvalue weighted by Gasteiger charge is 2.22. The van der Waals surface area contributed by atoms with E-state index in [2.05, 4.69) is 4.99 Å². The summed E-state index contributed by atoms with van der Waals surface area (Å²) in [6, 6.07) is -0.227. The number of esters is 2. The lowest BCUT2D eigenvalue weighted by Gasteiger charge is -2.24. The molecule has 0 N–H and O–H groups in total. The third-order valence-electron chi connectivity index (χ3n) is 2.54. The molecule has 0 aliphatic carbocycles. The molecule has 5 nitrogen and oxygen atoms in total. The molecule has 0 bridgehead atoms. The number of carbonyl (C=O) groups is 2. The smallest absolute Gasteiger partial charge is 0.349 e. The molecular weight excluding hydrogens is 282 g/mol. The Hall–Kier alpha value is -1.65. The summed E-state index contributed by atoms with van der Waals surface area (Å²) in [7, 11) is 0. The molecule has 0 saturated heterocycles. The fraction of sp³-hybridized carbons (Fsp3) is 0.706. The van der Waals surface area contributed by atoms with Crippen molar-refractivity contribution >= 4 is 18.2 Å². The zero-order valence-electron chi connectivity index (χ0n) is 14.8. The summed E-state index contributed by atoms with van der Waals surface area (Å²) >= 11 is 0. The Kier molecular flexibility index (Phi) is 8.06. The zero-order chi connectivity index (χ0) is 17.4. The van der Waals surface area contributed by atoms with Gasteiger partial charge in [-0.2, -0.15) is 0 Å². The number of aliphatic imine (C=N–C) groups is 1. The van der Waals surface area contributed by atoms with Crippen LogP contribution in [0.4, 0.5) is 0 Å². The highest BCUT2D eigenvalue weighted by molar-refractivity contribution is 6.23. The van der Waals surface area contributed by atoms with Gasteiger partial charge >= 0.3 is 11.9 Å². The van der Waals surface area contributed by atoms with E-state index in [9.17, 15) is 9.59 Å². The van der Waals surface area contributed by atoms with Crippen LogP contribution in [0.5, 0.6) is 0 Å². The molecule has 126 valence electrons. The molecule has 0 rings (SSSR count). The molecule has 0 fully saturated rings. The normalized spacial score (nSPS) is 14.3. The largest absolute Gasteiger partial charge is 0.466 e. The average Bonchev–Trinajstić information content (AvgIpc) is 2.29. The topological polar surface area (TPSA) is 65.0 Å². The van der Waals surface area contributed by atoms with Crippen LogP contribution in [-0.2, 0) is 19.1 Å². The van der Waals surface area contributed by atoms with Gasteiger partial charge in [0.2, 0.25) is 0 Å². The number of nitrogens with zero attached hydrogens (tertiary/aromatic N) is 1. The van der Waals surface area contributed by atoms with Crippen molar-refractivity contribution in [2.24, 2.45) is 10.4 Å². The summed E-state index contributed by atoms with van der Waals surface area (Å²) in [5.41, 5.74) is -0.718. The summed E-state index contributed by atoms with van der Waals surface area (Å²) < 4.78 is 10.0. The number of ether oxygens (including phenoxy) is 2. The van der Waals surface area contributed by atoms with Gasteiger partial charge in [-0.3, -0.25) is 9.79 Å². The van der Waals surface area contributed by atoms with Crippen molar-refractivity contribution in [1.29, 1.82) is 0 Å². The molecule has 22 heavy (non-hydrogen) atoms. The van der Waals surface area contributed by atoms with Crippen molar-refractivity contribution in [3.05, 3.63) is 12.2 Å². The summed E-state index contributed by atoms with van der Waals surface area (Å²) in [5.74, 6) is -0.747. The van der Waals surface area contributed by atoms with E-state index in [-0.39, 0.29) is 23.8 Å². The fourth-order valence-electron chi connectivity index (χ4n) is 1.54. The van der Waals surface area contributed by atoms with Gasteiger partial charge in [-0.05, 0) is 33.1 Å². The lowest BCUT2D eigenvalue weighted by atomic mass is 9.87. The fourth-order valence-corrected chi connectivity index (χ4v) is 1.54. The van der Waals surface area contributed by atoms with Crippen molar-refractivity contribution in [2.75, 3.05) is 6.61 Å². The Labute approximate surface area is 133 Å². The molecule has 0 aliphatic rings. The first-order valence-corrected chi connectivity index (χ1v) is 7.54. The second-order valence-electron chi connectivity index (χ2n) is 7.06. The predicted octanol–water partition coefficient (Wildman–Crippen LogP) is 3.32. The Morgan fingerprint density at radius 3 is 2.18 bits per heavy atom. The summed E-state index contributed by atoms with van der Waals surface area (Å²) in [6.45, 7) is 13.6. The summed E-state index contributed by atoms with van der Waals surface area (Å²) in [6.07, 6.45) is 4.94. The third kappa shape index (κ3) is 10.1. The minimum atomic E-state index is -0.542. The Bertz CT molecular complexity index is 425. The Morgan fingerprint density at radius 1 is 1.14 bits per heavy atom. The zero-order valence-corrected chi connectivity index (χ0v) is 14.8. The predicted molar refractivity (Wildman–Crippen MR) is 88.0 cm³/mol. The van der Waals surface area contributed by atoms with Crippen molar-refractivity contribution < 1.29 is 19.1 Å². The van der Waals surface area contributed by atoms with Crippen LogP contribution >= 0.6 is 0 Å². The van der Waals surface area contributed by atoms with E-state index in [4.69, 9.17) is 9.47 Å². The van der Waals surface area contributed by atoms with Crippen LogP contribution in [0, 0.1) is 5.41 Å². The van der Waals surface area contributed by atoms with Crippen molar-refractivity contribution in [1.82, 2.24) is 0 Å². The van der Waals surface area contributed by atoms with Gasteiger partial charge in [0.1, 0.15) is 11.8 Å². The first-order valence-electron chi connectivity index (χ1n) is 7.54. The van der Waals surface area contributed by atoms with E-state index in [0.29, 0.717) is 6.61 Å². The quantitative estimate of drug-likeness (QED) is 0.429. The van der Waals surface area contributed by atoms with Gasteiger partial charge in [0, 0.05) is 0 Å². The number of rotatable bonds is 6. The first-order chi connectivity index (χ1) is 9.95. The molecule has 0 amide bonds. The van der Waals surface area contributed by atoms with Crippen molar-refractivity contribution in [3.8, 4) is 0 Å². The first kappa shape index (κ1) is 20.3.